The molecule has 2 aromatic carbocycles. The molecule has 3 N–H and O–H groups in total. The van der Waals surface area contributed by atoms with Gasteiger partial charge in [-0.2, -0.15) is 5.10 Å². The Morgan fingerprint density at radius 3 is 2.15 bits per heavy atom. The van der Waals surface area contributed by atoms with E-state index < -0.39 is 22.8 Å². The van der Waals surface area contributed by atoms with Crippen LogP contribution in [0.15, 0.2) is 75.4 Å². The topological polar surface area (TPSA) is 121 Å². The first-order valence-corrected chi connectivity index (χ1v) is 13.7. The summed E-state index contributed by atoms with van der Waals surface area (Å²) in [6.45, 7) is 7.82. The highest BCUT2D eigenvalue weighted by molar-refractivity contribution is 7.22. The molecule has 0 unspecified atom stereocenters. The Hall–Kier alpha value is -4.31. The van der Waals surface area contributed by atoms with E-state index in [0.717, 1.165) is 21.9 Å². The van der Waals surface area contributed by atoms with Crippen molar-refractivity contribution in [2.24, 2.45) is 5.10 Å². The molecule has 0 bridgehead atoms. The van der Waals surface area contributed by atoms with E-state index in [1.165, 1.54) is 17.6 Å². The summed E-state index contributed by atoms with van der Waals surface area (Å²) >= 11 is 1.25. The van der Waals surface area contributed by atoms with E-state index in [1.54, 1.807) is 18.4 Å². The second kappa shape index (κ2) is 11.6. The van der Waals surface area contributed by atoms with E-state index in [1.807, 2.05) is 74.5 Å². The van der Waals surface area contributed by atoms with Crippen molar-refractivity contribution in [1.82, 2.24) is 14.5 Å². The molecule has 5 rings (SSSR count). The lowest BCUT2D eigenvalue weighted by Crippen LogP contribution is -2.54. The highest BCUT2D eigenvalue weighted by Crippen LogP contribution is 2.37. The zero-order chi connectivity index (χ0) is 28.2. The molecule has 1 aliphatic rings. The fourth-order valence-corrected chi connectivity index (χ4v) is 6.08. The van der Waals surface area contributed by atoms with E-state index >= 15 is 0 Å². The summed E-state index contributed by atoms with van der Waals surface area (Å²) in [5.41, 5.74) is 2.88. The van der Waals surface area contributed by atoms with Gasteiger partial charge in [-0.05, 0) is 31.4 Å². The number of hydrogen-bond donors (Lipinski definition) is 3. The molecule has 1 saturated heterocycles. The van der Waals surface area contributed by atoms with Crippen molar-refractivity contribution >= 4 is 44.9 Å². The maximum atomic E-state index is 14.4. The molecule has 1 atom stereocenters. The van der Waals surface area contributed by atoms with Gasteiger partial charge < -0.3 is 10.7 Å². The van der Waals surface area contributed by atoms with Crippen LogP contribution in [0.4, 0.5) is 5.00 Å². The number of fused-ring (bicyclic) bond motifs is 1. The van der Waals surface area contributed by atoms with Gasteiger partial charge in [-0.1, -0.05) is 85.8 Å². The minimum Gasteiger partial charge on any atom is -0.354 e. The maximum Gasteiger partial charge on any atom is 0.333 e. The largest absolute Gasteiger partial charge is 0.354 e. The molecule has 10 heteroatoms. The molecule has 9 nitrogen and oxygen atoms in total. The second-order valence-electron chi connectivity index (χ2n) is 9.09. The normalized spacial score (nSPS) is 16.8. The number of anilines is 1. The van der Waals surface area contributed by atoms with Crippen LogP contribution in [-0.4, -0.2) is 34.0 Å². The third-order valence-electron chi connectivity index (χ3n) is 6.85. The number of carbonyl (C=O) groups is 1. The maximum absolute atomic E-state index is 14.4. The molecule has 0 radical (unpaired) electrons. The SMILES string of the molecule is CC.Cc1c(N/N=C\C=N)sc2c1c(=O)n([C@@]1(C)CCNC1=O)c(=O)n2C(c1ccccc1)c1ccccc1. The molecule has 202 valence electrons. The first-order chi connectivity index (χ1) is 18.9. The number of rotatable bonds is 7. The van der Waals surface area contributed by atoms with Gasteiger partial charge in [0.1, 0.15) is 15.4 Å². The monoisotopic (exact) mass is 544 g/mol. The lowest BCUT2D eigenvalue weighted by Gasteiger charge is -2.27. The molecule has 1 aliphatic heterocycles. The van der Waals surface area contributed by atoms with Crippen molar-refractivity contribution in [2.75, 3.05) is 12.0 Å². The van der Waals surface area contributed by atoms with Gasteiger partial charge >= 0.3 is 5.69 Å². The molecule has 39 heavy (non-hydrogen) atoms. The zero-order valence-electron chi connectivity index (χ0n) is 22.4. The average molecular weight is 545 g/mol. The summed E-state index contributed by atoms with van der Waals surface area (Å²) in [6, 6.07) is 18.7. The summed E-state index contributed by atoms with van der Waals surface area (Å²) in [7, 11) is 0. The predicted molar refractivity (Wildman–Crippen MR) is 159 cm³/mol. The van der Waals surface area contributed by atoms with E-state index in [-0.39, 0.29) is 5.91 Å². The van der Waals surface area contributed by atoms with Gasteiger partial charge in [0.05, 0.1) is 17.6 Å². The van der Waals surface area contributed by atoms with Crippen LogP contribution in [0, 0.1) is 12.3 Å². The Kier molecular flexibility index (Phi) is 8.25. The quantitative estimate of drug-likeness (QED) is 0.235. The first kappa shape index (κ1) is 27.7. The number of hydrazone groups is 1. The van der Waals surface area contributed by atoms with Crippen LogP contribution in [-0.2, 0) is 10.3 Å². The minimum absolute atomic E-state index is 0.325. The van der Waals surface area contributed by atoms with Crippen LogP contribution >= 0.6 is 11.3 Å². The van der Waals surface area contributed by atoms with Crippen molar-refractivity contribution in [2.45, 2.75) is 45.7 Å². The van der Waals surface area contributed by atoms with E-state index in [9.17, 15) is 14.4 Å². The zero-order valence-corrected chi connectivity index (χ0v) is 23.2. The predicted octanol–water partition coefficient (Wildman–Crippen LogP) is 4.48. The minimum atomic E-state index is -1.32. The molecule has 0 saturated carbocycles. The Labute approximate surface area is 230 Å². The van der Waals surface area contributed by atoms with Gasteiger partial charge in [-0.25, -0.2) is 9.36 Å². The van der Waals surface area contributed by atoms with Crippen LogP contribution in [0.5, 0.6) is 0 Å². The number of aryl methyl sites for hydroxylation is 1. The van der Waals surface area contributed by atoms with Crippen LogP contribution in [0.3, 0.4) is 0 Å². The number of thiophene rings is 1. The number of aromatic nitrogens is 2. The van der Waals surface area contributed by atoms with Crippen LogP contribution < -0.4 is 22.0 Å². The van der Waals surface area contributed by atoms with Crippen LogP contribution in [0.2, 0.25) is 0 Å². The standard InChI is InChI=1S/C27H26N6O3S.C2H6/c1-17-20-23(34)33(27(2)13-15-29-25(27)35)26(36)32(24(20)37-22(17)31-30-16-14-28)21(18-9-5-3-6-10-18)19-11-7-4-8-12-19;1-2/h3-12,14,16,21,28,31H,13,15H2,1-2H3,(H,29,35);1-2H3/b28-14?,30-16-;/t27-;/m0./s1. The second-order valence-corrected chi connectivity index (χ2v) is 10.1. The fraction of sp³-hybridized carbons (Fsp3) is 0.276. The number of carbonyl (C=O) groups excluding carboxylic acids is 1. The molecular weight excluding hydrogens is 512 g/mol. The fourth-order valence-electron chi connectivity index (χ4n) is 4.91. The van der Waals surface area contributed by atoms with Gasteiger partial charge in [0, 0.05) is 18.3 Å². The van der Waals surface area contributed by atoms with Gasteiger partial charge in [0.15, 0.2) is 0 Å². The van der Waals surface area contributed by atoms with Gasteiger partial charge in [-0.3, -0.25) is 19.6 Å². The molecule has 0 aliphatic carbocycles. The van der Waals surface area contributed by atoms with Gasteiger partial charge in [-0.15, -0.1) is 0 Å². The van der Waals surface area contributed by atoms with E-state index in [0.29, 0.717) is 33.7 Å². The number of benzene rings is 2. The number of nitrogens with zero attached hydrogens (tertiary/aromatic N) is 3. The summed E-state index contributed by atoms with van der Waals surface area (Å²) < 4.78 is 2.75. The van der Waals surface area contributed by atoms with Crippen molar-refractivity contribution < 1.29 is 4.79 Å². The van der Waals surface area contributed by atoms with Crippen molar-refractivity contribution in [3.8, 4) is 0 Å². The summed E-state index contributed by atoms with van der Waals surface area (Å²) in [5.74, 6) is -0.351. The molecule has 2 aromatic heterocycles. The molecule has 1 amide bonds. The summed E-state index contributed by atoms with van der Waals surface area (Å²) in [4.78, 5) is 41.8. The number of nitrogens with one attached hydrogen (secondary N) is 3. The van der Waals surface area contributed by atoms with Crippen LogP contribution in [0.25, 0.3) is 10.2 Å². The number of amides is 1. The molecule has 4 aromatic rings. The molecule has 3 heterocycles. The first-order valence-electron chi connectivity index (χ1n) is 12.9. The Balaban J connectivity index is 0.00000172. The lowest BCUT2D eigenvalue weighted by atomic mass is 9.97. The smallest absolute Gasteiger partial charge is 0.333 e. The average Bonchev–Trinajstić information content (AvgIpc) is 3.47. The highest BCUT2D eigenvalue weighted by Gasteiger charge is 2.43. The van der Waals surface area contributed by atoms with E-state index in [2.05, 4.69) is 15.8 Å². The van der Waals surface area contributed by atoms with Gasteiger partial charge in [0.25, 0.3) is 5.56 Å². The summed E-state index contributed by atoms with van der Waals surface area (Å²) in [6.07, 6.45) is 2.65. The third-order valence-corrected chi connectivity index (χ3v) is 8.04. The summed E-state index contributed by atoms with van der Waals surface area (Å²) in [5, 5.41) is 14.9. The molecule has 1 fully saturated rings. The van der Waals surface area contributed by atoms with Gasteiger partial charge in [0.2, 0.25) is 5.91 Å². The Bertz CT molecular complexity index is 1600. The van der Waals surface area contributed by atoms with E-state index in [4.69, 9.17) is 5.41 Å². The Morgan fingerprint density at radius 1 is 1.05 bits per heavy atom. The third kappa shape index (κ3) is 4.83. The number of hydrogen-bond acceptors (Lipinski definition) is 7. The van der Waals surface area contributed by atoms with Crippen molar-refractivity contribution in [3.63, 3.8) is 0 Å². The molecular formula is C29H32N6O3S. The van der Waals surface area contributed by atoms with Crippen LogP contribution in [0.1, 0.15) is 49.9 Å². The molecule has 0 spiro atoms. The lowest BCUT2D eigenvalue weighted by molar-refractivity contribution is -0.126. The highest BCUT2D eigenvalue weighted by atomic mass is 32.1. The van der Waals surface area contributed by atoms with Crippen molar-refractivity contribution in [1.29, 1.82) is 5.41 Å². The van der Waals surface area contributed by atoms with Crippen molar-refractivity contribution in [3.05, 3.63) is 98.2 Å². The Morgan fingerprint density at radius 2 is 1.64 bits per heavy atom.